The molecule has 0 spiro atoms. The molecule has 1 aromatic rings. The minimum Gasteiger partial charge on any atom is -0.379 e. The molecule has 0 aliphatic rings. The molecule has 102 valence electrons. The van der Waals surface area contributed by atoms with Crippen molar-refractivity contribution in [2.24, 2.45) is 5.84 Å². The Morgan fingerprint density at radius 3 is 2.28 bits per heavy atom. The average molecular weight is 291 g/mol. The number of hydrogen-bond acceptors (Lipinski definition) is 3. The zero-order chi connectivity index (χ0) is 13.8. The van der Waals surface area contributed by atoms with E-state index >= 15 is 0 Å². The third-order valence-electron chi connectivity index (χ3n) is 3.08. The third kappa shape index (κ3) is 4.75. The Kier molecular flexibility index (Phi) is 5.89. The molecule has 1 rings (SSSR count). The van der Waals surface area contributed by atoms with E-state index in [9.17, 15) is 0 Å². The molecular weight excluding hydrogens is 271 g/mol. The first-order chi connectivity index (χ1) is 8.38. The van der Waals surface area contributed by atoms with Crippen LogP contribution in [0.3, 0.4) is 0 Å². The molecule has 0 bridgehead atoms. The van der Waals surface area contributed by atoms with E-state index in [-0.39, 0.29) is 11.6 Å². The second-order valence-electron chi connectivity index (χ2n) is 4.92. The number of hydrazine groups is 1. The van der Waals surface area contributed by atoms with Crippen molar-refractivity contribution in [1.82, 2.24) is 5.43 Å². The van der Waals surface area contributed by atoms with Crippen LogP contribution in [0.25, 0.3) is 0 Å². The molecule has 0 amide bonds. The van der Waals surface area contributed by atoms with Gasteiger partial charge in [0.15, 0.2) is 0 Å². The summed E-state index contributed by atoms with van der Waals surface area (Å²) in [6.45, 7) is 4.09. The number of benzene rings is 1. The van der Waals surface area contributed by atoms with Crippen LogP contribution in [0, 0.1) is 0 Å². The first-order valence-corrected chi connectivity index (χ1v) is 6.61. The summed E-state index contributed by atoms with van der Waals surface area (Å²) in [4.78, 5) is 0. The molecule has 0 saturated carbocycles. The van der Waals surface area contributed by atoms with Crippen LogP contribution in [0.2, 0.25) is 10.0 Å². The zero-order valence-corrected chi connectivity index (χ0v) is 12.5. The second kappa shape index (κ2) is 6.73. The Morgan fingerprint density at radius 2 is 1.83 bits per heavy atom. The van der Waals surface area contributed by atoms with E-state index in [2.05, 4.69) is 5.43 Å². The number of nitrogens with two attached hydrogens (primary N) is 1. The molecule has 3 nitrogen and oxygen atoms in total. The molecule has 1 atom stereocenters. The molecule has 1 unspecified atom stereocenters. The number of halogens is 2. The maximum absolute atomic E-state index is 5.99. The van der Waals surface area contributed by atoms with Crippen molar-refractivity contribution in [2.75, 3.05) is 7.11 Å². The lowest BCUT2D eigenvalue weighted by Crippen LogP contribution is -2.31. The van der Waals surface area contributed by atoms with Gasteiger partial charge in [0.1, 0.15) is 0 Å². The Bertz CT molecular complexity index is 376. The van der Waals surface area contributed by atoms with Crippen LogP contribution in [0.15, 0.2) is 18.2 Å². The highest BCUT2D eigenvalue weighted by Gasteiger charge is 2.20. The van der Waals surface area contributed by atoms with E-state index in [0.29, 0.717) is 10.0 Å². The summed E-state index contributed by atoms with van der Waals surface area (Å²) in [6.07, 6.45) is 1.72. The highest BCUT2D eigenvalue weighted by molar-refractivity contribution is 6.34. The summed E-state index contributed by atoms with van der Waals surface area (Å²) in [5.41, 5.74) is 3.62. The highest BCUT2D eigenvalue weighted by Crippen LogP contribution is 2.28. The SMILES string of the molecule is COC(C)(C)CCC(NN)c1cc(Cl)cc(Cl)c1. The van der Waals surface area contributed by atoms with Crippen molar-refractivity contribution in [1.29, 1.82) is 0 Å². The second-order valence-corrected chi connectivity index (χ2v) is 5.80. The summed E-state index contributed by atoms with van der Waals surface area (Å²) >= 11 is 12.0. The van der Waals surface area contributed by atoms with Gasteiger partial charge in [0.2, 0.25) is 0 Å². The Hall–Kier alpha value is -0.320. The van der Waals surface area contributed by atoms with Crippen molar-refractivity contribution in [3.8, 4) is 0 Å². The van der Waals surface area contributed by atoms with Crippen molar-refractivity contribution in [3.63, 3.8) is 0 Å². The van der Waals surface area contributed by atoms with E-state index in [1.807, 2.05) is 26.0 Å². The molecule has 0 heterocycles. The van der Waals surface area contributed by atoms with Gasteiger partial charge < -0.3 is 4.74 Å². The minimum atomic E-state index is -0.169. The molecule has 0 fully saturated rings. The largest absolute Gasteiger partial charge is 0.379 e. The highest BCUT2D eigenvalue weighted by atomic mass is 35.5. The Labute approximate surface area is 119 Å². The van der Waals surface area contributed by atoms with Gasteiger partial charge in [-0.05, 0) is 50.5 Å². The summed E-state index contributed by atoms with van der Waals surface area (Å²) in [5, 5.41) is 1.23. The summed E-state index contributed by atoms with van der Waals surface area (Å²) in [5.74, 6) is 5.60. The smallest absolute Gasteiger partial charge is 0.0623 e. The number of methoxy groups -OCH3 is 1. The number of hydrogen-bond donors (Lipinski definition) is 2. The predicted molar refractivity (Wildman–Crippen MR) is 76.8 cm³/mol. The molecule has 0 saturated heterocycles. The van der Waals surface area contributed by atoms with E-state index in [1.54, 1.807) is 13.2 Å². The molecule has 18 heavy (non-hydrogen) atoms. The molecule has 0 aliphatic carbocycles. The fourth-order valence-electron chi connectivity index (χ4n) is 1.72. The van der Waals surface area contributed by atoms with Gasteiger partial charge >= 0.3 is 0 Å². The van der Waals surface area contributed by atoms with Crippen molar-refractivity contribution >= 4 is 23.2 Å². The van der Waals surface area contributed by atoms with Crippen LogP contribution in [0.1, 0.15) is 38.3 Å². The standard InChI is InChI=1S/C13H20Cl2N2O/c1-13(2,18-3)5-4-12(17-16)9-6-10(14)8-11(15)7-9/h6-8,12,17H,4-5,16H2,1-3H3. The van der Waals surface area contributed by atoms with E-state index in [4.69, 9.17) is 33.8 Å². The van der Waals surface area contributed by atoms with Crippen molar-refractivity contribution < 1.29 is 4.74 Å². The quantitative estimate of drug-likeness (QED) is 0.620. The molecule has 0 radical (unpaired) electrons. The Balaban J connectivity index is 2.77. The van der Waals surface area contributed by atoms with Gasteiger partial charge in [-0.3, -0.25) is 11.3 Å². The van der Waals surface area contributed by atoms with E-state index in [0.717, 1.165) is 18.4 Å². The van der Waals surface area contributed by atoms with E-state index in [1.165, 1.54) is 0 Å². The van der Waals surface area contributed by atoms with Gasteiger partial charge in [0.25, 0.3) is 0 Å². The molecule has 3 N–H and O–H groups in total. The lowest BCUT2D eigenvalue weighted by atomic mass is 9.95. The van der Waals surface area contributed by atoms with Crippen LogP contribution in [-0.2, 0) is 4.74 Å². The van der Waals surface area contributed by atoms with Crippen LogP contribution in [0.4, 0.5) is 0 Å². The van der Waals surface area contributed by atoms with Crippen LogP contribution in [0.5, 0.6) is 0 Å². The van der Waals surface area contributed by atoms with Crippen molar-refractivity contribution in [3.05, 3.63) is 33.8 Å². The fourth-order valence-corrected chi connectivity index (χ4v) is 2.26. The van der Waals surface area contributed by atoms with E-state index < -0.39 is 0 Å². The molecular formula is C13H20Cl2N2O. The topological polar surface area (TPSA) is 47.3 Å². The van der Waals surface area contributed by atoms with Gasteiger partial charge in [-0.2, -0.15) is 0 Å². The van der Waals surface area contributed by atoms with Crippen molar-refractivity contribution in [2.45, 2.75) is 38.3 Å². The zero-order valence-electron chi connectivity index (χ0n) is 11.0. The minimum absolute atomic E-state index is 0.00984. The average Bonchev–Trinajstić information content (AvgIpc) is 2.28. The first kappa shape index (κ1) is 15.7. The maximum atomic E-state index is 5.99. The normalized spacial score (nSPS) is 13.7. The summed E-state index contributed by atoms with van der Waals surface area (Å²) < 4.78 is 5.40. The third-order valence-corrected chi connectivity index (χ3v) is 3.51. The van der Waals surface area contributed by atoms with Crippen LogP contribution in [-0.4, -0.2) is 12.7 Å². The van der Waals surface area contributed by atoms with Crippen LogP contribution < -0.4 is 11.3 Å². The maximum Gasteiger partial charge on any atom is 0.0623 e. The summed E-state index contributed by atoms with van der Waals surface area (Å²) in [7, 11) is 1.71. The van der Waals surface area contributed by atoms with Gasteiger partial charge in [-0.1, -0.05) is 23.2 Å². The summed E-state index contributed by atoms with van der Waals surface area (Å²) in [6, 6.07) is 5.46. The fraction of sp³-hybridized carbons (Fsp3) is 0.538. The molecule has 1 aromatic carbocycles. The molecule has 0 aliphatic heterocycles. The number of ether oxygens (including phenoxy) is 1. The monoisotopic (exact) mass is 290 g/mol. The predicted octanol–water partition coefficient (Wildman–Crippen LogP) is 3.70. The van der Waals surface area contributed by atoms with Gasteiger partial charge in [-0.25, -0.2) is 0 Å². The molecule has 5 heteroatoms. The number of rotatable bonds is 6. The first-order valence-electron chi connectivity index (χ1n) is 5.85. The number of nitrogens with one attached hydrogen (secondary N) is 1. The van der Waals surface area contributed by atoms with Gasteiger partial charge in [-0.15, -0.1) is 0 Å². The van der Waals surface area contributed by atoms with Gasteiger partial charge in [0, 0.05) is 23.2 Å². The van der Waals surface area contributed by atoms with Crippen LogP contribution >= 0.6 is 23.2 Å². The lowest BCUT2D eigenvalue weighted by Gasteiger charge is -2.26. The lowest BCUT2D eigenvalue weighted by molar-refractivity contribution is 0.0117. The molecule has 0 aromatic heterocycles. The Morgan fingerprint density at radius 1 is 1.28 bits per heavy atom. The van der Waals surface area contributed by atoms with Gasteiger partial charge in [0.05, 0.1) is 5.60 Å².